The molecule has 0 bridgehead atoms. The van der Waals surface area contributed by atoms with Gasteiger partial charge in [-0.3, -0.25) is 14.4 Å². The number of aryl methyl sites for hydroxylation is 1. The first-order valence-electron chi connectivity index (χ1n) is 6.28. The van der Waals surface area contributed by atoms with E-state index in [-0.39, 0.29) is 18.9 Å². The third kappa shape index (κ3) is 2.36. The Bertz CT molecular complexity index is 552. The van der Waals surface area contributed by atoms with Gasteiger partial charge >= 0.3 is 0 Å². The number of Topliss-reactive ketones (excluding diaryl/α,β-unsaturated/α-hetero) is 1. The second-order valence-corrected chi connectivity index (χ2v) is 4.46. The average Bonchev–Trinajstić information content (AvgIpc) is 2.62. The van der Waals surface area contributed by atoms with Crippen LogP contribution in [-0.2, 0) is 9.59 Å². The molecule has 2 rings (SSSR count). The molecule has 1 aromatic rings. The fraction of sp³-hybridized carbons (Fsp3) is 0.357. The predicted octanol–water partition coefficient (Wildman–Crippen LogP) is 1.05. The number of nitrogens with one attached hydrogen (secondary N) is 1. The molecule has 0 radical (unpaired) electrons. The minimum atomic E-state index is -0.548. The molecule has 5 nitrogen and oxygen atoms in total. The Kier molecular flexibility index (Phi) is 3.64. The second-order valence-electron chi connectivity index (χ2n) is 4.46. The van der Waals surface area contributed by atoms with Gasteiger partial charge in [-0.1, -0.05) is 12.1 Å². The number of carbonyl (C=O) groups excluding carboxylic acids is 3. The minimum absolute atomic E-state index is 0.121. The second kappa shape index (κ2) is 5.22. The summed E-state index contributed by atoms with van der Waals surface area (Å²) in [4.78, 5) is 36.6. The summed E-state index contributed by atoms with van der Waals surface area (Å²) in [5.74, 6) is -1.16. The number of benzene rings is 1. The zero-order chi connectivity index (χ0) is 14.0. The van der Waals surface area contributed by atoms with Crippen LogP contribution in [-0.4, -0.2) is 30.7 Å². The first-order valence-corrected chi connectivity index (χ1v) is 6.28. The molecule has 0 atom stereocenters. The minimum Gasteiger partial charge on any atom is -0.356 e. The molecule has 100 valence electrons. The van der Waals surface area contributed by atoms with Crippen molar-refractivity contribution < 1.29 is 14.4 Å². The van der Waals surface area contributed by atoms with Gasteiger partial charge in [0.1, 0.15) is 0 Å². The number of hydrogen-bond acceptors (Lipinski definition) is 3. The highest BCUT2D eigenvalue weighted by Crippen LogP contribution is 2.32. The van der Waals surface area contributed by atoms with Crippen LogP contribution in [0.15, 0.2) is 18.2 Å². The molecule has 1 N–H and O–H groups in total. The summed E-state index contributed by atoms with van der Waals surface area (Å²) in [6.45, 7) is 4.47. The van der Waals surface area contributed by atoms with Crippen LogP contribution >= 0.6 is 0 Å². The first-order chi connectivity index (χ1) is 9.06. The number of para-hydroxylation sites is 1. The lowest BCUT2D eigenvalue weighted by molar-refractivity contribution is -0.120. The SMILES string of the molecule is CCNC(=O)CCN1C(=O)C(=O)c2cccc(C)c21. The molecule has 1 aromatic carbocycles. The highest BCUT2D eigenvalue weighted by Gasteiger charge is 2.36. The van der Waals surface area contributed by atoms with Gasteiger partial charge in [0.25, 0.3) is 11.7 Å². The Labute approximate surface area is 111 Å². The Hall–Kier alpha value is -2.17. The number of anilines is 1. The van der Waals surface area contributed by atoms with E-state index in [0.29, 0.717) is 17.8 Å². The molecule has 1 aliphatic rings. The lowest BCUT2D eigenvalue weighted by atomic mass is 10.1. The van der Waals surface area contributed by atoms with E-state index >= 15 is 0 Å². The molecule has 0 fully saturated rings. The number of ketones is 1. The van der Waals surface area contributed by atoms with Crippen LogP contribution in [0.5, 0.6) is 0 Å². The molecular formula is C14H16N2O3. The molecule has 1 heterocycles. The summed E-state index contributed by atoms with van der Waals surface area (Å²) in [5.41, 5.74) is 1.94. The van der Waals surface area contributed by atoms with Crippen molar-refractivity contribution in [3.8, 4) is 0 Å². The van der Waals surface area contributed by atoms with Crippen molar-refractivity contribution in [1.29, 1.82) is 0 Å². The van der Waals surface area contributed by atoms with E-state index in [1.807, 2.05) is 19.9 Å². The summed E-state index contributed by atoms with van der Waals surface area (Å²) in [6.07, 6.45) is 0.195. The monoisotopic (exact) mass is 260 g/mol. The van der Waals surface area contributed by atoms with Gasteiger partial charge in [-0.25, -0.2) is 0 Å². The number of carbonyl (C=O) groups is 3. The summed E-state index contributed by atoms with van der Waals surface area (Å²) in [7, 11) is 0. The van der Waals surface area contributed by atoms with Crippen molar-refractivity contribution in [3.05, 3.63) is 29.3 Å². The zero-order valence-corrected chi connectivity index (χ0v) is 11.0. The fourth-order valence-electron chi connectivity index (χ4n) is 2.25. The third-order valence-electron chi connectivity index (χ3n) is 3.13. The number of amides is 2. The van der Waals surface area contributed by atoms with Gasteiger partial charge in [-0.05, 0) is 25.5 Å². The molecule has 0 aromatic heterocycles. The van der Waals surface area contributed by atoms with E-state index in [0.717, 1.165) is 5.56 Å². The van der Waals surface area contributed by atoms with Gasteiger partial charge in [-0.2, -0.15) is 0 Å². The van der Waals surface area contributed by atoms with Gasteiger partial charge in [0.15, 0.2) is 0 Å². The molecule has 0 saturated carbocycles. The average molecular weight is 260 g/mol. The molecular weight excluding hydrogens is 244 g/mol. The van der Waals surface area contributed by atoms with Crippen molar-refractivity contribution in [2.24, 2.45) is 0 Å². The van der Waals surface area contributed by atoms with E-state index in [1.165, 1.54) is 4.90 Å². The lowest BCUT2D eigenvalue weighted by Crippen LogP contribution is -2.34. The van der Waals surface area contributed by atoms with E-state index < -0.39 is 11.7 Å². The standard InChI is InChI=1S/C14H16N2O3/c1-3-15-11(17)7-8-16-12-9(2)5-4-6-10(12)13(18)14(16)19/h4-6H,3,7-8H2,1-2H3,(H,15,17). The van der Waals surface area contributed by atoms with E-state index in [2.05, 4.69) is 5.32 Å². The van der Waals surface area contributed by atoms with Crippen LogP contribution in [0.2, 0.25) is 0 Å². The Morgan fingerprint density at radius 3 is 2.74 bits per heavy atom. The molecule has 1 aliphatic heterocycles. The van der Waals surface area contributed by atoms with Crippen molar-refractivity contribution in [1.82, 2.24) is 5.32 Å². The van der Waals surface area contributed by atoms with Gasteiger partial charge in [0, 0.05) is 19.5 Å². The van der Waals surface area contributed by atoms with Crippen LogP contribution in [0.3, 0.4) is 0 Å². The summed E-state index contributed by atoms with van der Waals surface area (Å²) < 4.78 is 0. The summed E-state index contributed by atoms with van der Waals surface area (Å²) in [6, 6.07) is 5.26. The molecule has 0 unspecified atom stereocenters. The normalized spacial score (nSPS) is 13.7. The van der Waals surface area contributed by atoms with Crippen LogP contribution in [0.25, 0.3) is 0 Å². The van der Waals surface area contributed by atoms with Gasteiger partial charge < -0.3 is 10.2 Å². The molecule has 5 heteroatoms. The van der Waals surface area contributed by atoms with Crippen molar-refractivity contribution in [2.75, 3.05) is 18.0 Å². The zero-order valence-electron chi connectivity index (χ0n) is 11.0. The topological polar surface area (TPSA) is 66.5 Å². The summed E-state index contributed by atoms with van der Waals surface area (Å²) >= 11 is 0. The summed E-state index contributed by atoms with van der Waals surface area (Å²) in [5, 5.41) is 2.67. The number of fused-ring (bicyclic) bond motifs is 1. The third-order valence-corrected chi connectivity index (χ3v) is 3.13. The van der Waals surface area contributed by atoms with Gasteiger partial charge in [0.05, 0.1) is 11.3 Å². The van der Waals surface area contributed by atoms with Crippen LogP contribution < -0.4 is 10.2 Å². The van der Waals surface area contributed by atoms with Crippen LogP contribution in [0, 0.1) is 6.92 Å². The molecule has 0 spiro atoms. The Morgan fingerprint density at radius 1 is 1.32 bits per heavy atom. The molecule has 2 amide bonds. The Morgan fingerprint density at radius 2 is 2.05 bits per heavy atom. The highest BCUT2D eigenvalue weighted by molar-refractivity contribution is 6.52. The largest absolute Gasteiger partial charge is 0.356 e. The Balaban J connectivity index is 2.21. The molecule has 19 heavy (non-hydrogen) atoms. The van der Waals surface area contributed by atoms with Crippen LogP contribution in [0.1, 0.15) is 29.3 Å². The molecule has 0 aliphatic carbocycles. The van der Waals surface area contributed by atoms with Crippen molar-refractivity contribution >= 4 is 23.3 Å². The van der Waals surface area contributed by atoms with E-state index in [4.69, 9.17) is 0 Å². The predicted molar refractivity (Wildman–Crippen MR) is 71.2 cm³/mol. The maximum Gasteiger partial charge on any atom is 0.299 e. The van der Waals surface area contributed by atoms with E-state index in [9.17, 15) is 14.4 Å². The smallest absolute Gasteiger partial charge is 0.299 e. The quantitative estimate of drug-likeness (QED) is 0.823. The van der Waals surface area contributed by atoms with Gasteiger partial charge in [0.2, 0.25) is 5.91 Å². The van der Waals surface area contributed by atoms with Crippen LogP contribution in [0.4, 0.5) is 5.69 Å². The number of rotatable bonds is 4. The maximum absolute atomic E-state index is 11.9. The van der Waals surface area contributed by atoms with Gasteiger partial charge in [-0.15, -0.1) is 0 Å². The first kappa shape index (κ1) is 13.3. The maximum atomic E-state index is 11.9. The molecule has 0 saturated heterocycles. The van der Waals surface area contributed by atoms with Crippen molar-refractivity contribution in [2.45, 2.75) is 20.3 Å². The highest BCUT2D eigenvalue weighted by atomic mass is 16.2. The number of nitrogens with zero attached hydrogens (tertiary/aromatic N) is 1. The van der Waals surface area contributed by atoms with E-state index in [1.54, 1.807) is 12.1 Å². The van der Waals surface area contributed by atoms with Crippen molar-refractivity contribution in [3.63, 3.8) is 0 Å². The number of hydrogen-bond donors (Lipinski definition) is 1. The fourth-order valence-corrected chi connectivity index (χ4v) is 2.25. The lowest BCUT2D eigenvalue weighted by Gasteiger charge is -2.17.